The SMILES string of the molecule is CC(C)c1ccc(/C=C/C(=O)NC(=S)Nc2ccccc2N2CCN(C)CC2)cc1. The molecule has 1 amide bonds. The summed E-state index contributed by atoms with van der Waals surface area (Å²) >= 11 is 5.36. The first-order valence-electron chi connectivity index (χ1n) is 10.3. The number of amides is 1. The summed E-state index contributed by atoms with van der Waals surface area (Å²) in [4.78, 5) is 16.9. The minimum atomic E-state index is -0.252. The van der Waals surface area contributed by atoms with Gasteiger partial charge in [-0.1, -0.05) is 50.2 Å². The maximum Gasteiger partial charge on any atom is 0.250 e. The normalized spacial score (nSPS) is 14.9. The van der Waals surface area contributed by atoms with E-state index in [-0.39, 0.29) is 5.91 Å². The number of nitrogens with one attached hydrogen (secondary N) is 2. The molecule has 0 bridgehead atoms. The van der Waals surface area contributed by atoms with Gasteiger partial charge in [0.15, 0.2) is 5.11 Å². The van der Waals surface area contributed by atoms with E-state index in [1.807, 2.05) is 30.3 Å². The molecule has 0 aliphatic carbocycles. The molecule has 0 aromatic heterocycles. The van der Waals surface area contributed by atoms with Gasteiger partial charge in [0, 0.05) is 32.3 Å². The quantitative estimate of drug-likeness (QED) is 0.561. The van der Waals surface area contributed by atoms with Crippen molar-refractivity contribution in [2.45, 2.75) is 19.8 Å². The molecule has 1 fully saturated rings. The molecule has 1 aliphatic heterocycles. The molecular weight excluding hydrogens is 392 g/mol. The number of anilines is 2. The van der Waals surface area contributed by atoms with Gasteiger partial charge in [-0.2, -0.15) is 0 Å². The largest absolute Gasteiger partial charge is 0.367 e. The summed E-state index contributed by atoms with van der Waals surface area (Å²) in [6.45, 7) is 8.30. The number of hydrogen-bond donors (Lipinski definition) is 2. The number of hydrogen-bond acceptors (Lipinski definition) is 4. The van der Waals surface area contributed by atoms with Gasteiger partial charge in [0.05, 0.1) is 11.4 Å². The zero-order chi connectivity index (χ0) is 21.5. The molecule has 1 heterocycles. The number of piperazine rings is 1. The lowest BCUT2D eigenvalue weighted by Gasteiger charge is -2.35. The number of thiocarbonyl (C=S) groups is 1. The molecule has 6 heteroatoms. The van der Waals surface area contributed by atoms with Crippen LogP contribution in [0, 0.1) is 0 Å². The Labute approximate surface area is 184 Å². The second-order valence-electron chi connectivity index (χ2n) is 7.91. The zero-order valence-corrected chi connectivity index (χ0v) is 18.7. The average molecular weight is 423 g/mol. The van der Waals surface area contributed by atoms with Crippen LogP contribution in [0.4, 0.5) is 11.4 Å². The highest BCUT2D eigenvalue weighted by Gasteiger charge is 2.17. The first kappa shape index (κ1) is 22.0. The van der Waals surface area contributed by atoms with Crippen LogP contribution in [0.3, 0.4) is 0 Å². The third-order valence-corrected chi connectivity index (χ3v) is 5.47. The van der Waals surface area contributed by atoms with E-state index >= 15 is 0 Å². The predicted molar refractivity (Wildman–Crippen MR) is 130 cm³/mol. The van der Waals surface area contributed by atoms with Crippen molar-refractivity contribution in [2.75, 3.05) is 43.4 Å². The summed E-state index contributed by atoms with van der Waals surface area (Å²) in [5, 5.41) is 6.20. The van der Waals surface area contributed by atoms with Crippen molar-refractivity contribution in [2.24, 2.45) is 0 Å². The highest BCUT2D eigenvalue weighted by Crippen LogP contribution is 2.26. The summed E-state index contributed by atoms with van der Waals surface area (Å²) in [6, 6.07) is 16.3. The molecular formula is C24H30N4OS. The van der Waals surface area contributed by atoms with Gasteiger partial charge in [-0.3, -0.25) is 10.1 Å². The molecule has 1 saturated heterocycles. The summed E-state index contributed by atoms with van der Waals surface area (Å²) in [6.07, 6.45) is 3.30. The van der Waals surface area contributed by atoms with Crippen LogP contribution < -0.4 is 15.5 Å². The highest BCUT2D eigenvalue weighted by molar-refractivity contribution is 7.80. The molecule has 0 radical (unpaired) electrons. The fourth-order valence-corrected chi connectivity index (χ4v) is 3.58. The van der Waals surface area contributed by atoms with E-state index < -0.39 is 0 Å². The minimum Gasteiger partial charge on any atom is -0.367 e. The summed E-state index contributed by atoms with van der Waals surface area (Å²) < 4.78 is 0. The molecule has 0 unspecified atom stereocenters. The van der Waals surface area contributed by atoms with Crippen molar-refractivity contribution < 1.29 is 4.79 Å². The minimum absolute atomic E-state index is 0.252. The standard InChI is InChI=1S/C24H30N4OS/c1-18(2)20-11-8-19(9-12-20)10-13-23(29)26-24(30)25-21-6-4-5-7-22(21)28-16-14-27(3)15-17-28/h4-13,18H,14-17H2,1-3H3,(H2,25,26,29,30)/b13-10+. The van der Waals surface area contributed by atoms with Crippen LogP contribution >= 0.6 is 12.2 Å². The van der Waals surface area contributed by atoms with Gasteiger partial charge in [0.2, 0.25) is 5.91 Å². The Bertz CT molecular complexity index is 900. The van der Waals surface area contributed by atoms with Gasteiger partial charge in [-0.05, 0) is 54.5 Å². The molecule has 30 heavy (non-hydrogen) atoms. The van der Waals surface area contributed by atoms with Gasteiger partial charge in [0.1, 0.15) is 0 Å². The number of benzene rings is 2. The number of rotatable bonds is 5. The fourth-order valence-electron chi connectivity index (χ4n) is 3.37. The van der Waals surface area contributed by atoms with E-state index in [0.717, 1.165) is 43.1 Å². The lowest BCUT2D eigenvalue weighted by atomic mass is 10.0. The third kappa shape index (κ3) is 6.15. The van der Waals surface area contributed by atoms with Gasteiger partial charge < -0.3 is 15.1 Å². The smallest absolute Gasteiger partial charge is 0.250 e. The Balaban J connectivity index is 1.57. The highest BCUT2D eigenvalue weighted by atomic mass is 32.1. The Morgan fingerprint density at radius 1 is 1.03 bits per heavy atom. The van der Waals surface area contributed by atoms with E-state index in [4.69, 9.17) is 12.2 Å². The molecule has 1 aliphatic rings. The number of para-hydroxylation sites is 2. The van der Waals surface area contributed by atoms with E-state index in [1.54, 1.807) is 6.08 Å². The second kappa shape index (κ2) is 10.4. The van der Waals surface area contributed by atoms with Crippen molar-refractivity contribution in [1.29, 1.82) is 0 Å². The second-order valence-corrected chi connectivity index (χ2v) is 8.31. The topological polar surface area (TPSA) is 47.6 Å². The number of likely N-dealkylation sites (N-methyl/N-ethyl adjacent to an activating group) is 1. The van der Waals surface area contributed by atoms with Crippen LogP contribution in [0.25, 0.3) is 6.08 Å². The first-order chi connectivity index (χ1) is 14.4. The summed E-state index contributed by atoms with van der Waals surface area (Å²) in [7, 11) is 2.14. The molecule has 0 spiro atoms. The van der Waals surface area contributed by atoms with Crippen molar-refractivity contribution in [3.8, 4) is 0 Å². The van der Waals surface area contributed by atoms with E-state index in [0.29, 0.717) is 11.0 Å². The Morgan fingerprint density at radius 3 is 2.37 bits per heavy atom. The molecule has 2 aromatic carbocycles. The Hall–Kier alpha value is -2.70. The average Bonchev–Trinajstić information content (AvgIpc) is 2.73. The zero-order valence-electron chi connectivity index (χ0n) is 17.9. The van der Waals surface area contributed by atoms with Crippen LogP contribution in [0.2, 0.25) is 0 Å². The fraction of sp³-hybridized carbons (Fsp3) is 0.333. The van der Waals surface area contributed by atoms with Crippen LogP contribution in [0.5, 0.6) is 0 Å². The van der Waals surface area contributed by atoms with Gasteiger partial charge in [-0.25, -0.2) is 0 Å². The maximum atomic E-state index is 12.3. The van der Waals surface area contributed by atoms with Gasteiger partial charge in [-0.15, -0.1) is 0 Å². The molecule has 158 valence electrons. The van der Waals surface area contributed by atoms with Crippen molar-refractivity contribution in [3.63, 3.8) is 0 Å². The van der Waals surface area contributed by atoms with Crippen LogP contribution in [-0.4, -0.2) is 49.1 Å². The van der Waals surface area contributed by atoms with Crippen molar-refractivity contribution in [3.05, 3.63) is 65.7 Å². The summed E-state index contributed by atoms with van der Waals surface area (Å²) in [5.74, 6) is 0.237. The monoisotopic (exact) mass is 422 g/mol. The van der Waals surface area contributed by atoms with E-state index in [9.17, 15) is 4.79 Å². The van der Waals surface area contributed by atoms with Gasteiger partial charge in [0.25, 0.3) is 0 Å². The molecule has 0 atom stereocenters. The third-order valence-electron chi connectivity index (χ3n) is 5.26. The van der Waals surface area contributed by atoms with Crippen LogP contribution in [-0.2, 0) is 4.79 Å². The van der Waals surface area contributed by atoms with E-state index in [2.05, 4.69) is 59.5 Å². The lowest BCUT2D eigenvalue weighted by molar-refractivity contribution is -0.115. The number of nitrogens with zero attached hydrogens (tertiary/aromatic N) is 2. The molecule has 2 aromatic rings. The summed E-state index contributed by atoms with van der Waals surface area (Å²) in [5.41, 5.74) is 4.26. The number of carbonyl (C=O) groups is 1. The Morgan fingerprint density at radius 2 is 1.70 bits per heavy atom. The first-order valence-corrected chi connectivity index (χ1v) is 10.8. The van der Waals surface area contributed by atoms with Crippen molar-refractivity contribution in [1.82, 2.24) is 10.2 Å². The van der Waals surface area contributed by atoms with E-state index in [1.165, 1.54) is 11.6 Å². The van der Waals surface area contributed by atoms with Crippen LogP contribution in [0.1, 0.15) is 30.9 Å². The molecule has 2 N–H and O–H groups in total. The molecule has 0 saturated carbocycles. The Kier molecular flexibility index (Phi) is 7.60. The lowest BCUT2D eigenvalue weighted by Crippen LogP contribution is -2.45. The predicted octanol–water partition coefficient (Wildman–Crippen LogP) is 4.09. The van der Waals surface area contributed by atoms with Crippen LogP contribution in [0.15, 0.2) is 54.6 Å². The molecule has 3 rings (SSSR count). The molecule has 5 nitrogen and oxygen atoms in total. The maximum absolute atomic E-state index is 12.3. The van der Waals surface area contributed by atoms with Crippen molar-refractivity contribution >= 4 is 40.7 Å². The number of carbonyl (C=O) groups excluding carboxylic acids is 1. The van der Waals surface area contributed by atoms with Gasteiger partial charge >= 0.3 is 0 Å².